The van der Waals surface area contributed by atoms with Gasteiger partial charge in [0, 0.05) is 31.6 Å². The van der Waals surface area contributed by atoms with Gasteiger partial charge >= 0.3 is 0 Å². The highest BCUT2D eigenvalue weighted by Gasteiger charge is 2.36. The van der Waals surface area contributed by atoms with Crippen LogP contribution in [0.25, 0.3) is 0 Å². The lowest BCUT2D eigenvalue weighted by Gasteiger charge is -2.38. The normalized spacial score (nSPS) is 24.1. The van der Waals surface area contributed by atoms with Crippen LogP contribution in [0.5, 0.6) is 0 Å². The molecule has 0 aromatic heterocycles. The maximum atomic E-state index is 12.7. The Labute approximate surface area is 123 Å². The molecule has 2 unspecified atom stereocenters. The van der Waals surface area contributed by atoms with Crippen LogP contribution in [0.1, 0.15) is 46.5 Å². The predicted molar refractivity (Wildman–Crippen MR) is 80.7 cm³/mol. The standard InChI is InChI=1S/C13H27ClN2O2S/c1-11(2)9-12(3)15(4)19(17,18)16-8-6-5-7-13(16)10-14/h11-13H,5-10H2,1-4H3. The van der Waals surface area contributed by atoms with Crippen molar-refractivity contribution in [3.8, 4) is 0 Å². The van der Waals surface area contributed by atoms with E-state index in [-0.39, 0.29) is 12.1 Å². The first-order valence-electron chi connectivity index (χ1n) is 7.11. The van der Waals surface area contributed by atoms with E-state index < -0.39 is 10.2 Å². The van der Waals surface area contributed by atoms with Gasteiger partial charge in [-0.1, -0.05) is 20.3 Å². The Kier molecular flexibility index (Phi) is 6.57. The Morgan fingerprint density at radius 3 is 2.47 bits per heavy atom. The molecule has 0 aliphatic carbocycles. The van der Waals surface area contributed by atoms with Crippen LogP contribution in [0.2, 0.25) is 0 Å². The summed E-state index contributed by atoms with van der Waals surface area (Å²) in [6.45, 7) is 6.79. The van der Waals surface area contributed by atoms with E-state index >= 15 is 0 Å². The van der Waals surface area contributed by atoms with Crippen LogP contribution in [0.3, 0.4) is 0 Å². The average Bonchev–Trinajstić information content (AvgIpc) is 2.36. The number of halogens is 1. The van der Waals surface area contributed by atoms with Crippen molar-refractivity contribution in [3.05, 3.63) is 0 Å². The summed E-state index contributed by atoms with van der Waals surface area (Å²) in [6, 6.07) is -0.0305. The van der Waals surface area contributed by atoms with Crippen molar-refractivity contribution < 1.29 is 8.42 Å². The SMILES string of the molecule is CC(C)CC(C)N(C)S(=O)(=O)N1CCCCC1CCl. The first-order chi connectivity index (χ1) is 8.80. The van der Waals surface area contributed by atoms with Crippen molar-refractivity contribution in [2.45, 2.75) is 58.5 Å². The summed E-state index contributed by atoms with van der Waals surface area (Å²) in [5.74, 6) is 0.865. The minimum absolute atomic E-state index is 0.0166. The molecule has 114 valence electrons. The molecule has 0 N–H and O–H groups in total. The van der Waals surface area contributed by atoms with Crippen molar-refractivity contribution in [1.29, 1.82) is 0 Å². The summed E-state index contributed by atoms with van der Waals surface area (Å²) >= 11 is 5.93. The van der Waals surface area contributed by atoms with Gasteiger partial charge in [0.15, 0.2) is 0 Å². The molecule has 0 spiro atoms. The van der Waals surface area contributed by atoms with Crippen LogP contribution in [-0.4, -0.2) is 48.6 Å². The van der Waals surface area contributed by atoms with Crippen LogP contribution < -0.4 is 0 Å². The number of hydrogen-bond acceptors (Lipinski definition) is 2. The zero-order valence-corrected chi connectivity index (χ0v) is 14.0. The van der Waals surface area contributed by atoms with E-state index in [1.807, 2.05) is 6.92 Å². The highest BCUT2D eigenvalue weighted by Crippen LogP contribution is 2.25. The van der Waals surface area contributed by atoms with Crippen molar-refractivity contribution in [3.63, 3.8) is 0 Å². The smallest absolute Gasteiger partial charge is 0.195 e. The number of hydrogen-bond donors (Lipinski definition) is 0. The first kappa shape index (κ1) is 17.2. The first-order valence-corrected chi connectivity index (χ1v) is 9.04. The summed E-state index contributed by atoms with van der Waals surface area (Å²) < 4.78 is 28.5. The quantitative estimate of drug-likeness (QED) is 0.708. The number of rotatable bonds is 6. The van der Waals surface area contributed by atoms with Gasteiger partial charge in [0.2, 0.25) is 0 Å². The topological polar surface area (TPSA) is 40.6 Å². The fourth-order valence-corrected chi connectivity index (χ4v) is 4.85. The predicted octanol–water partition coefficient (Wildman–Crippen LogP) is 2.69. The summed E-state index contributed by atoms with van der Waals surface area (Å²) in [5, 5.41) is 0. The molecule has 1 fully saturated rings. The Balaban J connectivity index is 2.83. The van der Waals surface area contributed by atoms with Gasteiger partial charge in [0.1, 0.15) is 0 Å². The molecule has 0 aromatic rings. The average molecular weight is 311 g/mol. The fraction of sp³-hybridized carbons (Fsp3) is 1.00. The lowest BCUT2D eigenvalue weighted by molar-refractivity contribution is 0.237. The van der Waals surface area contributed by atoms with Crippen LogP contribution in [0.15, 0.2) is 0 Å². The molecule has 0 radical (unpaired) electrons. The van der Waals surface area contributed by atoms with Crippen LogP contribution >= 0.6 is 11.6 Å². The van der Waals surface area contributed by atoms with Gasteiger partial charge in [-0.05, 0) is 32.1 Å². The Bertz CT molecular complexity index is 373. The molecule has 1 aliphatic heterocycles. The van der Waals surface area contributed by atoms with Crippen molar-refractivity contribution in [1.82, 2.24) is 8.61 Å². The molecule has 1 aliphatic rings. The van der Waals surface area contributed by atoms with Gasteiger partial charge in [-0.25, -0.2) is 0 Å². The van der Waals surface area contributed by atoms with Gasteiger partial charge < -0.3 is 0 Å². The third-order valence-electron chi connectivity index (χ3n) is 3.84. The lowest BCUT2D eigenvalue weighted by Crippen LogP contribution is -2.52. The molecule has 1 rings (SSSR count). The van der Waals surface area contributed by atoms with Crippen LogP contribution in [0.4, 0.5) is 0 Å². The molecular formula is C13H27ClN2O2S. The van der Waals surface area contributed by atoms with E-state index in [1.165, 1.54) is 4.31 Å². The molecule has 19 heavy (non-hydrogen) atoms. The third-order valence-corrected chi connectivity index (χ3v) is 6.36. The third kappa shape index (κ3) is 4.31. The van der Waals surface area contributed by atoms with Crippen molar-refractivity contribution in [2.75, 3.05) is 19.5 Å². The number of nitrogens with zero attached hydrogens (tertiary/aromatic N) is 2. The molecule has 6 heteroatoms. The lowest BCUT2D eigenvalue weighted by atomic mass is 10.1. The maximum absolute atomic E-state index is 12.7. The highest BCUT2D eigenvalue weighted by molar-refractivity contribution is 7.86. The molecule has 1 heterocycles. The second kappa shape index (κ2) is 7.25. The van der Waals surface area contributed by atoms with E-state index in [1.54, 1.807) is 11.4 Å². The van der Waals surface area contributed by atoms with E-state index in [0.29, 0.717) is 18.3 Å². The van der Waals surface area contributed by atoms with Gasteiger partial charge in [0.25, 0.3) is 10.2 Å². The van der Waals surface area contributed by atoms with Crippen LogP contribution in [0, 0.1) is 5.92 Å². The molecule has 0 amide bonds. The Morgan fingerprint density at radius 2 is 1.95 bits per heavy atom. The Hall–Kier alpha value is 0.160. The number of alkyl halides is 1. The summed E-state index contributed by atoms with van der Waals surface area (Å²) in [6.07, 6.45) is 3.73. The van der Waals surface area contributed by atoms with E-state index in [4.69, 9.17) is 11.6 Å². The van der Waals surface area contributed by atoms with E-state index in [2.05, 4.69) is 13.8 Å². The summed E-state index contributed by atoms with van der Waals surface area (Å²) in [4.78, 5) is 0. The minimum atomic E-state index is -3.39. The zero-order chi connectivity index (χ0) is 14.6. The van der Waals surface area contributed by atoms with Gasteiger partial charge in [-0.2, -0.15) is 17.0 Å². The van der Waals surface area contributed by atoms with E-state index in [0.717, 1.165) is 25.7 Å². The van der Waals surface area contributed by atoms with Gasteiger partial charge in [-0.3, -0.25) is 0 Å². The molecule has 1 saturated heterocycles. The molecule has 0 saturated carbocycles. The summed E-state index contributed by atoms with van der Waals surface area (Å²) in [5.41, 5.74) is 0. The molecule has 2 atom stereocenters. The van der Waals surface area contributed by atoms with Gasteiger partial charge in [-0.15, -0.1) is 11.6 Å². The molecule has 0 bridgehead atoms. The zero-order valence-electron chi connectivity index (χ0n) is 12.5. The molecular weight excluding hydrogens is 284 g/mol. The largest absolute Gasteiger partial charge is 0.282 e. The highest BCUT2D eigenvalue weighted by atomic mass is 35.5. The monoisotopic (exact) mass is 310 g/mol. The van der Waals surface area contributed by atoms with Crippen LogP contribution in [-0.2, 0) is 10.2 Å². The number of piperidine rings is 1. The van der Waals surface area contributed by atoms with Crippen molar-refractivity contribution >= 4 is 21.8 Å². The maximum Gasteiger partial charge on any atom is 0.282 e. The second-order valence-corrected chi connectivity index (χ2v) is 8.17. The van der Waals surface area contributed by atoms with Gasteiger partial charge in [0.05, 0.1) is 0 Å². The summed E-state index contributed by atoms with van der Waals surface area (Å²) in [7, 11) is -1.70. The fourth-order valence-electron chi connectivity index (χ4n) is 2.66. The minimum Gasteiger partial charge on any atom is -0.195 e. The Morgan fingerprint density at radius 1 is 1.32 bits per heavy atom. The second-order valence-electron chi connectivity index (χ2n) is 5.92. The van der Waals surface area contributed by atoms with Crippen molar-refractivity contribution in [2.24, 2.45) is 5.92 Å². The van der Waals surface area contributed by atoms with E-state index in [9.17, 15) is 8.42 Å². The molecule has 4 nitrogen and oxygen atoms in total. The molecule has 0 aromatic carbocycles.